The van der Waals surface area contributed by atoms with Crippen LogP contribution in [0.15, 0.2) is 42.5 Å². The van der Waals surface area contributed by atoms with E-state index in [1.807, 2.05) is 0 Å². The molecule has 5 nitrogen and oxygen atoms in total. The molecule has 0 aliphatic carbocycles. The second-order valence-electron chi connectivity index (χ2n) is 4.77. The van der Waals surface area contributed by atoms with E-state index < -0.39 is 12.6 Å². The monoisotopic (exact) mass is 343 g/mol. The maximum Gasteiger partial charge on any atom is 0.341 e. The molecule has 122 valence electrons. The number of allylic oxidation sites excluding steroid dienone is 1. The molecule has 24 heavy (non-hydrogen) atoms. The molecule has 2 aromatic carbocycles. The quantitative estimate of drug-likeness (QED) is 0.636. The number of hydrogen-bond acceptors (Lipinski definition) is 4. The highest BCUT2D eigenvalue weighted by Gasteiger charge is 2.07. The number of rotatable bonds is 6. The van der Waals surface area contributed by atoms with Gasteiger partial charge in [0.2, 0.25) is 0 Å². The van der Waals surface area contributed by atoms with E-state index in [1.54, 1.807) is 55.7 Å². The van der Waals surface area contributed by atoms with Crippen LogP contribution in [0, 0.1) is 11.3 Å². The van der Waals surface area contributed by atoms with E-state index in [0.717, 1.165) is 5.56 Å². The number of carboxylic acids is 1. The topological polar surface area (TPSA) is 79.5 Å². The van der Waals surface area contributed by atoms with Gasteiger partial charge in [-0.05, 0) is 53.6 Å². The van der Waals surface area contributed by atoms with E-state index in [2.05, 4.69) is 6.07 Å². The van der Waals surface area contributed by atoms with Gasteiger partial charge in [0, 0.05) is 0 Å². The van der Waals surface area contributed by atoms with Crippen molar-refractivity contribution in [3.63, 3.8) is 0 Å². The third kappa shape index (κ3) is 4.51. The maximum absolute atomic E-state index is 10.5. The normalized spacial score (nSPS) is 10.8. The van der Waals surface area contributed by atoms with Crippen molar-refractivity contribution in [2.75, 3.05) is 13.7 Å². The third-order valence-electron chi connectivity index (χ3n) is 3.14. The molecule has 0 heterocycles. The Morgan fingerprint density at radius 2 is 2.00 bits per heavy atom. The van der Waals surface area contributed by atoms with Crippen LogP contribution in [-0.4, -0.2) is 24.8 Å². The Kier molecular flexibility index (Phi) is 5.83. The zero-order valence-corrected chi connectivity index (χ0v) is 13.6. The number of carbonyl (C=O) groups is 1. The number of halogens is 1. The average Bonchev–Trinajstić information content (AvgIpc) is 2.59. The Morgan fingerprint density at radius 3 is 2.54 bits per heavy atom. The van der Waals surface area contributed by atoms with E-state index in [9.17, 15) is 10.1 Å². The SMILES string of the molecule is COc1ccc(/C(C#N)=C/c2ccc(OCC(=O)O)c(Cl)c2)cc1. The van der Waals surface area contributed by atoms with Crippen LogP contribution in [0.1, 0.15) is 11.1 Å². The van der Waals surface area contributed by atoms with Gasteiger partial charge in [-0.2, -0.15) is 5.26 Å². The molecule has 0 radical (unpaired) electrons. The minimum Gasteiger partial charge on any atom is -0.497 e. The lowest BCUT2D eigenvalue weighted by molar-refractivity contribution is -0.139. The van der Waals surface area contributed by atoms with E-state index in [-0.39, 0.29) is 10.8 Å². The third-order valence-corrected chi connectivity index (χ3v) is 3.43. The fourth-order valence-electron chi connectivity index (χ4n) is 1.98. The maximum atomic E-state index is 10.5. The van der Waals surface area contributed by atoms with Crippen molar-refractivity contribution in [2.45, 2.75) is 0 Å². The lowest BCUT2D eigenvalue weighted by Gasteiger charge is -2.07. The first-order valence-corrected chi connectivity index (χ1v) is 7.31. The lowest BCUT2D eigenvalue weighted by Crippen LogP contribution is -2.09. The molecule has 0 aliphatic rings. The molecule has 2 aromatic rings. The van der Waals surface area contributed by atoms with E-state index in [4.69, 9.17) is 26.2 Å². The van der Waals surface area contributed by atoms with Crippen LogP contribution >= 0.6 is 11.6 Å². The predicted octanol–water partition coefficient (Wildman–Crippen LogP) is 3.88. The summed E-state index contributed by atoms with van der Waals surface area (Å²) in [7, 11) is 1.58. The smallest absolute Gasteiger partial charge is 0.341 e. The van der Waals surface area contributed by atoms with E-state index in [0.29, 0.717) is 16.9 Å². The first kappa shape index (κ1) is 17.4. The summed E-state index contributed by atoms with van der Waals surface area (Å²) in [6, 6.07) is 14.2. The summed E-state index contributed by atoms with van der Waals surface area (Å²) in [4.78, 5) is 10.5. The Labute approximate surface area is 144 Å². The van der Waals surface area contributed by atoms with Gasteiger partial charge in [0.1, 0.15) is 11.5 Å². The summed E-state index contributed by atoms with van der Waals surface area (Å²) < 4.78 is 10.2. The molecule has 0 atom stereocenters. The van der Waals surface area contributed by atoms with Crippen molar-refractivity contribution in [1.82, 2.24) is 0 Å². The Bertz CT molecular complexity index is 807. The van der Waals surface area contributed by atoms with Gasteiger partial charge in [-0.15, -0.1) is 0 Å². The van der Waals surface area contributed by atoms with Crippen LogP contribution in [0.4, 0.5) is 0 Å². The molecule has 2 rings (SSSR count). The molecule has 0 bridgehead atoms. The van der Waals surface area contributed by atoms with Gasteiger partial charge >= 0.3 is 5.97 Å². The van der Waals surface area contributed by atoms with Crippen LogP contribution in [0.2, 0.25) is 5.02 Å². The zero-order chi connectivity index (χ0) is 17.5. The molecule has 0 aliphatic heterocycles. The minimum absolute atomic E-state index is 0.275. The number of hydrogen-bond donors (Lipinski definition) is 1. The van der Waals surface area contributed by atoms with Gasteiger partial charge in [0.25, 0.3) is 0 Å². The summed E-state index contributed by atoms with van der Waals surface area (Å²) in [6.45, 7) is -0.468. The molecular weight excluding hydrogens is 330 g/mol. The zero-order valence-electron chi connectivity index (χ0n) is 12.8. The Morgan fingerprint density at radius 1 is 1.29 bits per heavy atom. The standard InChI is InChI=1S/C18H14ClNO4/c1-23-15-5-3-13(4-6-15)14(10-20)8-12-2-7-17(16(19)9-12)24-11-18(21)22/h2-9H,11H2,1H3,(H,21,22)/b14-8+. The number of benzene rings is 2. The summed E-state index contributed by atoms with van der Waals surface area (Å²) in [6.07, 6.45) is 1.69. The summed E-state index contributed by atoms with van der Waals surface area (Å²) in [5, 5.41) is 18.3. The minimum atomic E-state index is -1.08. The van der Waals surface area contributed by atoms with Gasteiger partial charge in [0.15, 0.2) is 6.61 Å². The highest BCUT2D eigenvalue weighted by atomic mass is 35.5. The van der Waals surface area contributed by atoms with Crippen LogP contribution < -0.4 is 9.47 Å². The van der Waals surface area contributed by atoms with Gasteiger partial charge in [-0.25, -0.2) is 4.79 Å². The lowest BCUT2D eigenvalue weighted by atomic mass is 10.0. The first-order valence-electron chi connectivity index (χ1n) is 6.94. The number of carboxylic acid groups (broad SMARTS) is 1. The summed E-state index contributed by atoms with van der Waals surface area (Å²) in [5.74, 6) is -0.0977. The van der Waals surface area contributed by atoms with Gasteiger partial charge in [-0.1, -0.05) is 17.7 Å². The van der Waals surface area contributed by atoms with Gasteiger partial charge < -0.3 is 14.6 Å². The average molecular weight is 344 g/mol. The molecule has 0 spiro atoms. The fourth-order valence-corrected chi connectivity index (χ4v) is 2.22. The molecule has 0 fully saturated rings. The first-order chi connectivity index (χ1) is 11.5. The summed E-state index contributed by atoms with van der Waals surface area (Å²) in [5.41, 5.74) is 1.92. The van der Waals surface area contributed by atoms with Crippen molar-refractivity contribution in [3.8, 4) is 17.6 Å². The van der Waals surface area contributed by atoms with E-state index >= 15 is 0 Å². The van der Waals surface area contributed by atoms with Crippen LogP contribution in [-0.2, 0) is 4.79 Å². The van der Waals surface area contributed by atoms with Crippen LogP contribution in [0.5, 0.6) is 11.5 Å². The van der Waals surface area contributed by atoms with Crippen molar-refractivity contribution < 1.29 is 19.4 Å². The van der Waals surface area contributed by atoms with Crippen molar-refractivity contribution in [1.29, 1.82) is 5.26 Å². The molecule has 0 saturated heterocycles. The van der Waals surface area contributed by atoms with Gasteiger partial charge in [-0.3, -0.25) is 0 Å². The number of methoxy groups -OCH3 is 1. The van der Waals surface area contributed by atoms with Gasteiger partial charge in [0.05, 0.1) is 23.8 Å². The highest BCUT2D eigenvalue weighted by Crippen LogP contribution is 2.28. The second kappa shape index (κ2) is 8.04. The predicted molar refractivity (Wildman–Crippen MR) is 91.1 cm³/mol. The number of nitrogens with zero attached hydrogens (tertiary/aromatic N) is 1. The molecular formula is C18H14ClNO4. The van der Waals surface area contributed by atoms with Crippen molar-refractivity contribution >= 4 is 29.2 Å². The number of nitriles is 1. The summed E-state index contributed by atoms with van der Waals surface area (Å²) >= 11 is 6.08. The molecule has 0 saturated carbocycles. The van der Waals surface area contributed by atoms with E-state index in [1.165, 1.54) is 0 Å². The largest absolute Gasteiger partial charge is 0.497 e. The Hall–Kier alpha value is -2.97. The molecule has 1 N–H and O–H groups in total. The number of aliphatic carboxylic acids is 1. The van der Waals surface area contributed by atoms with Crippen molar-refractivity contribution in [2.24, 2.45) is 0 Å². The number of ether oxygens (including phenoxy) is 2. The fraction of sp³-hybridized carbons (Fsp3) is 0.111. The van der Waals surface area contributed by atoms with Crippen molar-refractivity contribution in [3.05, 3.63) is 58.6 Å². The van der Waals surface area contributed by atoms with Crippen LogP contribution in [0.3, 0.4) is 0 Å². The highest BCUT2D eigenvalue weighted by molar-refractivity contribution is 6.32. The van der Waals surface area contributed by atoms with Crippen LogP contribution in [0.25, 0.3) is 11.6 Å². The molecule has 6 heteroatoms. The Balaban J connectivity index is 2.25. The second-order valence-corrected chi connectivity index (χ2v) is 5.18. The molecule has 0 aromatic heterocycles. The molecule has 0 unspecified atom stereocenters. The molecule has 0 amide bonds.